The van der Waals surface area contributed by atoms with E-state index >= 15 is 0 Å². The Labute approximate surface area is 104 Å². The second kappa shape index (κ2) is 4.16. The number of phosphoric ester groups is 1. The lowest BCUT2D eigenvalue weighted by Crippen LogP contribution is -2.07. The first-order valence-corrected chi connectivity index (χ1v) is 7.01. The molecule has 2 aromatic carbocycles. The molecule has 18 heavy (non-hydrogen) atoms. The van der Waals surface area contributed by atoms with Gasteiger partial charge in [0.25, 0.3) is 0 Å². The maximum atomic E-state index is 11.8. The summed E-state index contributed by atoms with van der Waals surface area (Å²) >= 11 is 0. The van der Waals surface area contributed by atoms with Crippen LogP contribution in [0.3, 0.4) is 0 Å². The summed E-state index contributed by atoms with van der Waals surface area (Å²) in [5.74, 6) is 0.774. The van der Waals surface area contributed by atoms with Crippen LogP contribution in [0.2, 0.25) is 0 Å². The Hall–Kier alpha value is -1.77. The fraction of sp³-hybridized carbons (Fsp3) is 0.0769. The van der Waals surface area contributed by atoms with Gasteiger partial charge in [-0.05, 0) is 23.3 Å². The van der Waals surface area contributed by atoms with Gasteiger partial charge in [0.2, 0.25) is 0 Å². The quantitative estimate of drug-likeness (QED) is 0.741. The summed E-state index contributed by atoms with van der Waals surface area (Å²) in [5.41, 5.74) is 1.73. The van der Waals surface area contributed by atoms with Crippen LogP contribution in [0.1, 0.15) is 11.1 Å². The number of para-hydroxylation sites is 2. The van der Waals surface area contributed by atoms with Crippen LogP contribution in [0, 0.1) is 0 Å². The molecule has 0 atom stereocenters. The first-order chi connectivity index (χ1) is 8.64. The third-order valence-electron chi connectivity index (χ3n) is 2.75. The summed E-state index contributed by atoms with van der Waals surface area (Å²) < 4.78 is 22.0. The van der Waals surface area contributed by atoms with Crippen molar-refractivity contribution in [3.8, 4) is 11.5 Å². The van der Waals surface area contributed by atoms with Crippen molar-refractivity contribution in [1.29, 1.82) is 0 Å². The Kier molecular flexibility index (Phi) is 2.62. The van der Waals surface area contributed by atoms with Crippen molar-refractivity contribution in [3.63, 3.8) is 0 Å². The Morgan fingerprint density at radius 2 is 1.33 bits per heavy atom. The monoisotopic (exact) mass is 262 g/mol. The predicted molar refractivity (Wildman–Crippen MR) is 66.8 cm³/mol. The second-order valence-corrected chi connectivity index (χ2v) is 5.35. The number of phosphoric acid groups is 1. The molecule has 0 spiro atoms. The SMILES string of the molecule is O=P1(O)Oc2ccccc2Cc2ccccc2O1. The van der Waals surface area contributed by atoms with Crippen LogP contribution in [0.15, 0.2) is 48.5 Å². The minimum Gasteiger partial charge on any atom is -0.395 e. The van der Waals surface area contributed by atoms with Gasteiger partial charge in [0.05, 0.1) is 0 Å². The van der Waals surface area contributed by atoms with Crippen LogP contribution < -0.4 is 9.05 Å². The zero-order valence-electron chi connectivity index (χ0n) is 9.45. The highest BCUT2D eigenvalue weighted by Crippen LogP contribution is 2.48. The third-order valence-corrected chi connectivity index (χ3v) is 3.61. The average molecular weight is 262 g/mol. The van der Waals surface area contributed by atoms with Crippen molar-refractivity contribution < 1.29 is 18.5 Å². The summed E-state index contributed by atoms with van der Waals surface area (Å²) in [5, 5.41) is 0. The normalized spacial score (nSPS) is 16.3. The first-order valence-electron chi connectivity index (χ1n) is 5.52. The third kappa shape index (κ3) is 2.13. The molecule has 1 N–H and O–H groups in total. The number of fused-ring (bicyclic) bond motifs is 2. The molecule has 0 unspecified atom stereocenters. The maximum Gasteiger partial charge on any atom is 0.584 e. The van der Waals surface area contributed by atoms with Gasteiger partial charge in [-0.25, -0.2) is 4.57 Å². The van der Waals surface area contributed by atoms with Crippen molar-refractivity contribution >= 4 is 7.82 Å². The molecule has 0 radical (unpaired) electrons. The molecule has 0 aromatic heterocycles. The predicted octanol–water partition coefficient (Wildman–Crippen LogP) is 3.15. The van der Waals surface area contributed by atoms with Gasteiger partial charge in [0, 0.05) is 6.42 Å². The van der Waals surface area contributed by atoms with Crippen molar-refractivity contribution in [3.05, 3.63) is 59.7 Å². The van der Waals surface area contributed by atoms with Gasteiger partial charge >= 0.3 is 7.82 Å². The van der Waals surface area contributed by atoms with E-state index in [0.29, 0.717) is 17.9 Å². The van der Waals surface area contributed by atoms with E-state index in [0.717, 1.165) is 11.1 Å². The summed E-state index contributed by atoms with van der Waals surface area (Å²) in [6.45, 7) is 0. The molecule has 0 fully saturated rings. The number of hydrogen-bond donors (Lipinski definition) is 1. The lowest BCUT2D eigenvalue weighted by atomic mass is 10.0. The molecule has 0 bridgehead atoms. The van der Waals surface area contributed by atoms with Gasteiger partial charge in [-0.3, -0.25) is 4.89 Å². The highest BCUT2D eigenvalue weighted by molar-refractivity contribution is 7.48. The number of benzene rings is 2. The maximum absolute atomic E-state index is 11.8. The zero-order chi connectivity index (χ0) is 12.6. The summed E-state index contributed by atoms with van der Waals surface area (Å²) in [6, 6.07) is 14.3. The largest absolute Gasteiger partial charge is 0.584 e. The van der Waals surface area contributed by atoms with Crippen molar-refractivity contribution in [2.75, 3.05) is 0 Å². The van der Waals surface area contributed by atoms with Crippen LogP contribution in [0.25, 0.3) is 0 Å². The molecule has 5 heteroatoms. The van der Waals surface area contributed by atoms with Gasteiger partial charge in [0.15, 0.2) is 0 Å². The fourth-order valence-corrected chi connectivity index (χ4v) is 2.84. The molecule has 1 aliphatic rings. The van der Waals surface area contributed by atoms with E-state index in [2.05, 4.69) is 0 Å². The second-order valence-electron chi connectivity index (χ2n) is 4.04. The molecule has 0 saturated carbocycles. The average Bonchev–Trinajstić information content (AvgIpc) is 2.31. The summed E-state index contributed by atoms with van der Waals surface area (Å²) in [7, 11) is -4.12. The fourth-order valence-electron chi connectivity index (χ4n) is 1.95. The molecule has 4 nitrogen and oxygen atoms in total. The highest BCUT2D eigenvalue weighted by atomic mass is 31.2. The molecule has 1 heterocycles. The van der Waals surface area contributed by atoms with E-state index in [1.165, 1.54) is 0 Å². The molecule has 1 aliphatic heterocycles. The van der Waals surface area contributed by atoms with E-state index in [1.807, 2.05) is 24.3 Å². The van der Waals surface area contributed by atoms with Gasteiger partial charge in [-0.1, -0.05) is 36.4 Å². The van der Waals surface area contributed by atoms with Gasteiger partial charge in [0.1, 0.15) is 11.5 Å². The smallest absolute Gasteiger partial charge is 0.395 e. The standard InChI is InChI=1S/C13H11O4P/c14-18(15)16-12-7-3-1-5-10(12)9-11-6-2-4-8-13(11)17-18/h1-8H,9H2,(H,14,15). The molecule has 0 aliphatic carbocycles. The van der Waals surface area contributed by atoms with E-state index in [1.54, 1.807) is 24.3 Å². The van der Waals surface area contributed by atoms with Crippen molar-refractivity contribution in [2.45, 2.75) is 6.42 Å². The minimum atomic E-state index is -4.12. The van der Waals surface area contributed by atoms with E-state index in [9.17, 15) is 9.46 Å². The summed E-state index contributed by atoms with van der Waals surface area (Å²) in [6.07, 6.45) is 0.604. The molecular formula is C13H11O4P. The van der Waals surface area contributed by atoms with Gasteiger partial charge < -0.3 is 9.05 Å². The molecule has 0 saturated heterocycles. The molecule has 0 amide bonds. The molecule has 2 aromatic rings. The molecular weight excluding hydrogens is 251 g/mol. The zero-order valence-corrected chi connectivity index (χ0v) is 10.3. The van der Waals surface area contributed by atoms with E-state index < -0.39 is 7.82 Å². The molecule has 3 rings (SSSR count). The Morgan fingerprint density at radius 1 is 0.889 bits per heavy atom. The first kappa shape index (κ1) is 11.3. The lowest BCUT2D eigenvalue weighted by molar-refractivity contribution is 0.287. The van der Waals surface area contributed by atoms with Crippen LogP contribution in [-0.2, 0) is 11.0 Å². The van der Waals surface area contributed by atoms with Crippen LogP contribution in [-0.4, -0.2) is 4.89 Å². The van der Waals surface area contributed by atoms with Crippen molar-refractivity contribution in [2.24, 2.45) is 0 Å². The Morgan fingerprint density at radius 3 is 1.83 bits per heavy atom. The Balaban J connectivity index is 2.17. The highest BCUT2D eigenvalue weighted by Gasteiger charge is 2.29. The van der Waals surface area contributed by atoms with E-state index in [-0.39, 0.29) is 0 Å². The van der Waals surface area contributed by atoms with Gasteiger partial charge in [-0.15, -0.1) is 0 Å². The number of hydrogen-bond acceptors (Lipinski definition) is 3. The Bertz CT molecular complexity index is 587. The minimum absolute atomic E-state index is 0.387. The van der Waals surface area contributed by atoms with Crippen molar-refractivity contribution in [1.82, 2.24) is 0 Å². The van der Waals surface area contributed by atoms with Gasteiger partial charge in [-0.2, -0.15) is 0 Å². The lowest BCUT2D eigenvalue weighted by Gasteiger charge is -2.21. The van der Waals surface area contributed by atoms with Crippen LogP contribution in [0.4, 0.5) is 0 Å². The summed E-state index contributed by atoms with van der Waals surface area (Å²) in [4.78, 5) is 9.68. The number of rotatable bonds is 0. The van der Waals surface area contributed by atoms with E-state index in [4.69, 9.17) is 9.05 Å². The molecule has 92 valence electrons. The van der Waals surface area contributed by atoms with Crippen LogP contribution >= 0.6 is 7.82 Å². The topological polar surface area (TPSA) is 55.8 Å². The van der Waals surface area contributed by atoms with Crippen LogP contribution in [0.5, 0.6) is 11.5 Å².